The van der Waals surface area contributed by atoms with E-state index in [4.69, 9.17) is 14.2 Å². The van der Waals surface area contributed by atoms with E-state index in [0.29, 0.717) is 29.6 Å². The molecule has 1 aromatic rings. The molecule has 3 N–H and O–H groups in total. The van der Waals surface area contributed by atoms with Gasteiger partial charge in [-0.05, 0) is 51.3 Å². The summed E-state index contributed by atoms with van der Waals surface area (Å²) >= 11 is 0. The minimum absolute atomic E-state index is 0.0223. The average Bonchev–Trinajstić information content (AvgIpc) is 2.64. The Kier molecular flexibility index (Phi) is 9.94. The van der Waals surface area contributed by atoms with Gasteiger partial charge in [-0.15, -0.1) is 0 Å². The van der Waals surface area contributed by atoms with E-state index < -0.39 is 23.5 Å². The van der Waals surface area contributed by atoms with Crippen LogP contribution in [0.2, 0.25) is 0 Å². The van der Waals surface area contributed by atoms with E-state index in [1.54, 1.807) is 32.9 Å². The van der Waals surface area contributed by atoms with Crippen molar-refractivity contribution in [3.63, 3.8) is 0 Å². The highest BCUT2D eigenvalue weighted by Crippen LogP contribution is 2.28. The molecule has 1 aromatic carbocycles. The molecule has 0 saturated heterocycles. The second kappa shape index (κ2) is 11.9. The molecule has 168 valence electrons. The Morgan fingerprint density at radius 2 is 1.77 bits per heavy atom. The zero-order valence-electron chi connectivity index (χ0n) is 18.6. The van der Waals surface area contributed by atoms with Gasteiger partial charge < -0.3 is 19.5 Å². The molecular formula is C21H33N3O6. The van der Waals surface area contributed by atoms with Crippen molar-refractivity contribution in [2.45, 2.75) is 53.1 Å². The van der Waals surface area contributed by atoms with Crippen LogP contribution in [0.4, 0.5) is 4.79 Å². The number of carbonyl (C=O) groups is 3. The summed E-state index contributed by atoms with van der Waals surface area (Å²) in [6.45, 7) is 10.1. The number of ether oxygens (including phenoxy) is 3. The van der Waals surface area contributed by atoms with E-state index in [0.717, 1.165) is 6.42 Å². The second-order valence-corrected chi connectivity index (χ2v) is 8.08. The number of nitrogens with one attached hydrogen (secondary N) is 3. The third-order valence-corrected chi connectivity index (χ3v) is 3.71. The molecule has 0 bridgehead atoms. The zero-order chi connectivity index (χ0) is 22.7. The number of benzene rings is 1. The summed E-state index contributed by atoms with van der Waals surface area (Å²) < 4.78 is 16.0. The summed E-state index contributed by atoms with van der Waals surface area (Å²) in [6, 6.07) is 4.77. The molecule has 1 rings (SSSR count). The van der Waals surface area contributed by atoms with Crippen molar-refractivity contribution in [3.8, 4) is 11.5 Å². The Balaban J connectivity index is 2.46. The lowest BCUT2D eigenvalue weighted by Crippen LogP contribution is -2.43. The van der Waals surface area contributed by atoms with Crippen molar-refractivity contribution in [2.24, 2.45) is 5.92 Å². The van der Waals surface area contributed by atoms with Gasteiger partial charge >= 0.3 is 6.09 Å². The van der Waals surface area contributed by atoms with Crippen LogP contribution in [-0.4, -0.2) is 43.8 Å². The lowest BCUT2D eigenvalue weighted by molar-refractivity contribution is -0.121. The number of hydrogen-bond donors (Lipinski definition) is 3. The monoisotopic (exact) mass is 423 g/mol. The standard InChI is InChI=1S/C21H33N3O6/c1-14(2)10-12-29-16-8-7-15(13-17(16)28-6)19(26)24-23-18(25)9-11-22-20(27)30-21(3,4)5/h7-8,13-14H,9-12H2,1-6H3,(H,22,27)(H,23,25)(H,24,26). The van der Waals surface area contributed by atoms with Crippen LogP contribution in [0.5, 0.6) is 11.5 Å². The van der Waals surface area contributed by atoms with Crippen LogP contribution in [0.25, 0.3) is 0 Å². The van der Waals surface area contributed by atoms with E-state index in [1.807, 2.05) is 0 Å². The summed E-state index contributed by atoms with van der Waals surface area (Å²) in [7, 11) is 1.49. The molecular weight excluding hydrogens is 390 g/mol. The summed E-state index contributed by atoms with van der Waals surface area (Å²) in [4.78, 5) is 35.6. The third-order valence-electron chi connectivity index (χ3n) is 3.71. The van der Waals surface area contributed by atoms with Gasteiger partial charge in [-0.1, -0.05) is 13.8 Å². The van der Waals surface area contributed by atoms with E-state index in [9.17, 15) is 14.4 Å². The lowest BCUT2D eigenvalue weighted by atomic mass is 10.1. The molecule has 3 amide bonds. The van der Waals surface area contributed by atoms with Gasteiger partial charge in [-0.2, -0.15) is 0 Å². The fraction of sp³-hybridized carbons (Fsp3) is 0.571. The molecule has 9 nitrogen and oxygen atoms in total. The first-order valence-electron chi connectivity index (χ1n) is 9.88. The zero-order valence-corrected chi connectivity index (χ0v) is 18.6. The van der Waals surface area contributed by atoms with E-state index in [1.165, 1.54) is 13.2 Å². The predicted octanol–water partition coefficient (Wildman–Crippen LogP) is 2.80. The fourth-order valence-electron chi connectivity index (χ4n) is 2.19. The Morgan fingerprint density at radius 3 is 2.37 bits per heavy atom. The summed E-state index contributed by atoms with van der Waals surface area (Å²) in [5, 5.41) is 2.47. The molecule has 0 heterocycles. The highest BCUT2D eigenvalue weighted by atomic mass is 16.6. The highest BCUT2D eigenvalue weighted by Gasteiger charge is 2.16. The first kappa shape index (κ1) is 25.1. The quantitative estimate of drug-likeness (QED) is 0.526. The number of alkyl carbamates (subject to hydrolysis) is 1. The number of methoxy groups -OCH3 is 1. The molecule has 0 unspecified atom stereocenters. The molecule has 0 aromatic heterocycles. The van der Waals surface area contributed by atoms with E-state index in [-0.39, 0.29) is 13.0 Å². The summed E-state index contributed by atoms with van der Waals surface area (Å²) in [5.74, 6) is 0.533. The van der Waals surface area contributed by atoms with Gasteiger partial charge in [0.15, 0.2) is 11.5 Å². The molecule has 0 spiro atoms. The second-order valence-electron chi connectivity index (χ2n) is 8.08. The largest absolute Gasteiger partial charge is 0.493 e. The van der Waals surface area contributed by atoms with Gasteiger partial charge in [-0.3, -0.25) is 20.4 Å². The molecule has 0 aliphatic rings. The minimum atomic E-state index is -0.615. The van der Waals surface area contributed by atoms with Gasteiger partial charge in [0.2, 0.25) is 5.91 Å². The van der Waals surface area contributed by atoms with Crippen molar-refractivity contribution in [1.29, 1.82) is 0 Å². The maximum atomic E-state index is 12.3. The number of amides is 3. The Bertz CT molecular complexity index is 728. The van der Waals surface area contributed by atoms with Gasteiger partial charge in [0.05, 0.1) is 13.7 Å². The van der Waals surface area contributed by atoms with Crippen LogP contribution >= 0.6 is 0 Å². The van der Waals surface area contributed by atoms with Crippen LogP contribution in [0, 0.1) is 5.92 Å². The van der Waals surface area contributed by atoms with Gasteiger partial charge in [0.25, 0.3) is 5.91 Å². The summed E-state index contributed by atoms with van der Waals surface area (Å²) in [5.41, 5.74) is 4.31. The van der Waals surface area contributed by atoms with Crippen molar-refractivity contribution in [3.05, 3.63) is 23.8 Å². The molecule has 0 saturated carbocycles. The average molecular weight is 424 g/mol. The van der Waals surface area contributed by atoms with Gasteiger partial charge in [0.1, 0.15) is 5.60 Å². The van der Waals surface area contributed by atoms with E-state index >= 15 is 0 Å². The van der Waals surface area contributed by atoms with Crippen molar-refractivity contribution >= 4 is 17.9 Å². The first-order valence-corrected chi connectivity index (χ1v) is 9.88. The molecule has 30 heavy (non-hydrogen) atoms. The number of carbonyl (C=O) groups excluding carboxylic acids is 3. The first-order chi connectivity index (χ1) is 14.0. The van der Waals surface area contributed by atoms with Crippen LogP contribution in [0.15, 0.2) is 18.2 Å². The third kappa shape index (κ3) is 9.99. The van der Waals surface area contributed by atoms with Crippen molar-refractivity contribution < 1.29 is 28.6 Å². The molecule has 0 atom stereocenters. The highest BCUT2D eigenvalue weighted by molar-refractivity contribution is 5.96. The normalized spacial score (nSPS) is 10.9. The minimum Gasteiger partial charge on any atom is -0.493 e. The Hall–Kier alpha value is -2.97. The Morgan fingerprint density at radius 1 is 1.07 bits per heavy atom. The molecule has 9 heteroatoms. The fourth-order valence-corrected chi connectivity index (χ4v) is 2.19. The van der Waals surface area contributed by atoms with E-state index in [2.05, 4.69) is 30.0 Å². The van der Waals surface area contributed by atoms with Crippen LogP contribution in [0.3, 0.4) is 0 Å². The number of hydrogen-bond acceptors (Lipinski definition) is 6. The number of rotatable bonds is 9. The molecule has 0 aliphatic carbocycles. The maximum Gasteiger partial charge on any atom is 0.407 e. The predicted molar refractivity (Wildman–Crippen MR) is 112 cm³/mol. The molecule has 0 fully saturated rings. The summed E-state index contributed by atoms with van der Waals surface area (Å²) in [6.07, 6.45) is 0.272. The smallest absolute Gasteiger partial charge is 0.407 e. The maximum absolute atomic E-state index is 12.3. The number of hydrazine groups is 1. The van der Waals surface area contributed by atoms with Crippen LogP contribution < -0.4 is 25.6 Å². The van der Waals surface area contributed by atoms with Crippen LogP contribution in [-0.2, 0) is 9.53 Å². The topological polar surface area (TPSA) is 115 Å². The Labute approximate surface area is 177 Å². The SMILES string of the molecule is COc1cc(C(=O)NNC(=O)CCNC(=O)OC(C)(C)C)ccc1OCCC(C)C. The molecule has 0 aliphatic heterocycles. The van der Waals surface area contributed by atoms with Gasteiger partial charge in [0, 0.05) is 18.5 Å². The van der Waals surface area contributed by atoms with Crippen molar-refractivity contribution in [2.75, 3.05) is 20.3 Å². The van der Waals surface area contributed by atoms with Gasteiger partial charge in [-0.25, -0.2) is 4.79 Å². The van der Waals surface area contributed by atoms with Crippen LogP contribution in [0.1, 0.15) is 57.8 Å². The lowest BCUT2D eigenvalue weighted by Gasteiger charge is -2.19. The van der Waals surface area contributed by atoms with Crippen molar-refractivity contribution in [1.82, 2.24) is 16.2 Å². The molecule has 0 radical (unpaired) electrons.